The van der Waals surface area contributed by atoms with Gasteiger partial charge in [0.05, 0.1) is 13.1 Å². The maximum Gasteiger partial charge on any atom is 0.287 e. The SMILES string of the molecule is O=C(NC1CC[NH+](Cc2ccc(Cl)cc2)CC1)c1ccc(-c2ccc(F)cc2)o1. The molecule has 1 aliphatic rings. The Bertz CT molecular complexity index is 961. The highest BCUT2D eigenvalue weighted by molar-refractivity contribution is 6.30. The number of likely N-dealkylation sites (tertiary alicyclic amines) is 1. The molecule has 1 aromatic heterocycles. The second-order valence-electron chi connectivity index (χ2n) is 7.47. The van der Waals surface area contributed by atoms with Crippen LogP contribution in [0, 0.1) is 5.82 Å². The monoisotopic (exact) mass is 413 g/mol. The smallest absolute Gasteiger partial charge is 0.287 e. The summed E-state index contributed by atoms with van der Waals surface area (Å²) in [6.45, 7) is 2.98. The molecule has 3 aromatic rings. The standard InChI is InChI=1S/C23H22ClFN2O2/c24-18-5-1-16(2-6-18)15-27-13-11-20(12-14-27)26-23(28)22-10-9-21(29-22)17-3-7-19(25)8-4-17/h1-10,20H,11-15H2,(H,26,28)/p+1. The molecule has 2 N–H and O–H groups in total. The van der Waals surface area contributed by atoms with Gasteiger partial charge in [0, 0.05) is 35.0 Å². The molecule has 6 heteroatoms. The van der Waals surface area contributed by atoms with E-state index in [4.69, 9.17) is 16.0 Å². The summed E-state index contributed by atoms with van der Waals surface area (Å²) in [7, 11) is 0. The molecule has 2 aromatic carbocycles. The third-order valence-corrected chi connectivity index (χ3v) is 5.61. The maximum atomic E-state index is 13.1. The van der Waals surface area contributed by atoms with Crippen LogP contribution in [0.25, 0.3) is 11.3 Å². The molecule has 1 fully saturated rings. The molecule has 29 heavy (non-hydrogen) atoms. The van der Waals surface area contributed by atoms with Crippen LogP contribution in [0.5, 0.6) is 0 Å². The summed E-state index contributed by atoms with van der Waals surface area (Å²) in [5.41, 5.74) is 2.01. The fourth-order valence-electron chi connectivity index (χ4n) is 3.72. The highest BCUT2D eigenvalue weighted by Crippen LogP contribution is 2.22. The number of halogens is 2. The minimum absolute atomic E-state index is 0.149. The van der Waals surface area contributed by atoms with E-state index in [1.807, 2.05) is 12.1 Å². The van der Waals surface area contributed by atoms with Crippen molar-refractivity contribution >= 4 is 17.5 Å². The lowest BCUT2D eigenvalue weighted by Gasteiger charge is -2.29. The van der Waals surface area contributed by atoms with Crippen LogP contribution in [0.3, 0.4) is 0 Å². The lowest BCUT2D eigenvalue weighted by Crippen LogP contribution is -3.12. The van der Waals surface area contributed by atoms with Crippen molar-refractivity contribution in [2.24, 2.45) is 0 Å². The maximum absolute atomic E-state index is 13.1. The van der Waals surface area contributed by atoms with E-state index in [9.17, 15) is 9.18 Å². The number of furan rings is 1. The first-order valence-corrected chi connectivity index (χ1v) is 10.2. The summed E-state index contributed by atoms with van der Waals surface area (Å²) >= 11 is 5.95. The zero-order valence-electron chi connectivity index (χ0n) is 16.0. The predicted octanol–water partition coefficient (Wildman–Crippen LogP) is 3.72. The Morgan fingerprint density at radius 2 is 1.72 bits per heavy atom. The number of benzene rings is 2. The van der Waals surface area contributed by atoms with Crippen molar-refractivity contribution in [3.05, 3.63) is 82.8 Å². The Balaban J connectivity index is 1.28. The van der Waals surface area contributed by atoms with Crippen LogP contribution < -0.4 is 10.2 Å². The van der Waals surface area contributed by atoms with Gasteiger partial charge in [0.2, 0.25) is 0 Å². The molecule has 4 nitrogen and oxygen atoms in total. The number of hydrogen-bond donors (Lipinski definition) is 2. The van der Waals surface area contributed by atoms with Crippen LogP contribution in [0.1, 0.15) is 29.0 Å². The Labute approximate surface area is 174 Å². The van der Waals surface area contributed by atoms with Crippen molar-refractivity contribution < 1.29 is 18.5 Å². The van der Waals surface area contributed by atoms with E-state index in [1.165, 1.54) is 22.6 Å². The lowest BCUT2D eigenvalue weighted by atomic mass is 10.0. The van der Waals surface area contributed by atoms with Gasteiger partial charge in [0.15, 0.2) is 5.76 Å². The zero-order valence-corrected chi connectivity index (χ0v) is 16.7. The van der Waals surface area contributed by atoms with Crippen LogP contribution in [0.4, 0.5) is 4.39 Å². The number of carbonyl (C=O) groups excluding carboxylic acids is 1. The molecular formula is C23H23ClFN2O2+. The summed E-state index contributed by atoms with van der Waals surface area (Å²) in [5.74, 6) is 0.324. The van der Waals surface area contributed by atoms with Gasteiger partial charge in [-0.2, -0.15) is 0 Å². The highest BCUT2D eigenvalue weighted by Gasteiger charge is 2.25. The Kier molecular flexibility index (Phi) is 5.97. The van der Waals surface area contributed by atoms with Crippen molar-refractivity contribution in [3.8, 4) is 11.3 Å². The first-order valence-electron chi connectivity index (χ1n) is 9.81. The van der Waals surface area contributed by atoms with E-state index in [2.05, 4.69) is 17.4 Å². The minimum Gasteiger partial charge on any atom is -0.451 e. The number of carbonyl (C=O) groups is 1. The Morgan fingerprint density at radius 1 is 1.03 bits per heavy atom. The molecule has 1 amide bonds. The molecule has 0 bridgehead atoms. The minimum atomic E-state index is -0.303. The molecule has 0 saturated carbocycles. The molecule has 0 unspecified atom stereocenters. The second-order valence-corrected chi connectivity index (χ2v) is 7.91. The van der Waals surface area contributed by atoms with Crippen LogP contribution in [-0.4, -0.2) is 25.0 Å². The summed E-state index contributed by atoms with van der Waals surface area (Å²) in [6, 6.07) is 17.5. The largest absolute Gasteiger partial charge is 0.451 e. The summed E-state index contributed by atoms with van der Waals surface area (Å²) < 4.78 is 18.7. The number of rotatable bonds is 5. The van der Waals surface area contributed by atoms with Crippen molar-refractivity contribution in [2.45, 2.75) is 25.4 Å². The van der Waals surface area contributed by atoms with Gasteiger partial charge in [-0.1, -0.05) is 23.7 Å². The van der Waals surface area contributed by atoms with Crippen LogP contribution >= 0.6 is 11.6 Å². The molecule has 0 radical (unpaired) electrons. The van der Waals surface area contributed by atoms with E-state index in [-0.39, 0.29) is 23.5 Å². The van der Waals surface area contributed by atoms with Crippen molar-refractivity contribution in [2.75, 3.05) is 13.1 Å². The average Bonchev–Trinajstić information content (AvgIpc) is 3.22. The van der Waals surface area contributed by atoms with Gasteiger partial charge in [-0.25, -0.2) is 4.39 Å². The van der Waals surface area contributed by atoms with Gasteiger partial charge in [-0.15, -0.1) is 0 Å². The number of amides is 1. The van der Waals surface area contributed by atoms with E-state index in [1.54, 1.807) is 24.3 Å². The van der Waals surface area contributed by atoms with Gasteiger partial charge in [-0.3, -0.25) is 4.79 Å². The van der Waals surface area contributed by atoms with Gasteiger partial charge in [0.1, 0.15) is 18.1 Å². The third kappa shape index (κ3) is 5.05. The normalized spacial score (nSPS) is 19.1. The second kappa shape index (κ2) is 8.80. The van der Waals surface area contributed by atoms with Crippen molar-refractivity contribution in [3.63, 3.8) is 0 Å². The number of hydrogen-bond acceptors (Lipinski definition) is 2. The summed E-state index contributed by atoms with van der Waals surface area (Å²) in [4.78, 5) is 14.0. The van der Waals surface area contributed by atoms with Crippen molar-refractivity contribution in [1.82, 2.24) is 5.32 Å². The van der Waals surface area contributed by atoms with E-state index < -0.39 is 0 Å². The molecule has 150 valence electrons. The molecule has 4 rings (SSSR count). The lowest BCUT2D eigenvalue weighted by molar-refractivity contribution is -0.918. The van der Waals surface area contributed by atoms with Crippen LogP contribution in [0.2, 0.25) is 5.02 Å². The molecular weight excluding hydrogens is 391 g/mol. The molecule has 0 atom stereocenters. The fraction of sp³-hybridized carbons (Fsp3) is 0.261. The quantitative estimate of drug-likeness (QED) is 0.669. The first-order chi connectivity index (χ1) is 14.1. The fourth-order valence-corrected chi connectivity index (χ4v) is 3.85. The van der Waals surface area contributed by atoms with Gasteiger partial charge in [0.25, 0.3) is 5.91 Å². The number of nitrogens with one attached hydrogen (secondary N) is 2. The van der Waals surface area contributed by atoms with Gasteiger partial charge < -0.3 is 14.6 Å². The number of piperidine rings is 1. The Hall–Kier alpha value is -2.63. The number of quaternary nitrogens is 1. The van der Waals surface area contributed by atoms with E-state index in [0.29, 0.717) is 5.76 Å². The van der Waals surface area contributed by atoms with Crippen molar-refractivity contribution in [1.29, 1.82) is 0 Å². The topological polar surface area (TPSA) is 46.7 Å². The van der Waals surface area contributed by atoms with Crippen LogP contribution in [-0.2, 0) is 6.54 Å². The average molecular weight is 414 g/mol. The van der Waals surface area contributed by atoms with E-state index in [0.717, 1.165) is 43.1 Å². The van der Waals surface area contributed by atoms with Gasteiger partial charge in [-0.05, 0) is 48.5 Å². The molecule has 0 spiro atoms. The molecule has 1 saturated heterocycles. The molecule has 0 aliphatic carbocycles. The summed E-state index contributed by atoms with van der Waals surface area (Å²) in [6.07, 6.45) is 1.86. The highest BCUT2D eigenvalue weighted by atomic mass is 35.5. The van der Waals surface area contributed by atoms with E-state index >= 15 is 0 Å². The Morgan fingerprint density at radius 3 is 2.41 bits per heavy atom. The zero-order chi connectivity index (χ0) is 20.2. The molecule has 1 aliphatic heterocycles. The van der Waals surface area contributed by atoms with Gasteiger partial charge >= 0.3 is 0 Å². The van der Waals surface area contributed by atoms with Crippen LogP contribution in [0.15, 0.2) is 65.1 Å². The molecule has 2 heterocycles. The third-order valence-electron chi connectivity index (χ3n) is 5.35. The summed E-state index contributed by atoms with van der Waals surface area (Å²) in [5, 5.41) is 3.83. The predicted molar refractivity (Wildman–Crippen MR) is 110 cm³/mol. The first kappa shape index (κ1) is 19.7.